The number of aromatic nitrogens is 1. The Kier molecular flexibility index (Phi) is 5.45. The van der Waals surface area contributed by atoms with Gasteiger partial charge in [0.15, 0.2) is 6.10 Å². The molecule has 1 aromatic carbocycles. The number of hydrogen-bond acceptors (Lipinski definition) is 3. The monoisotopic (exact) mass is 388 g/mol. The number of nitrogens with one attached hydrogen (secondary N) is 1. The highest BCUT2D eigenvalue weighted by Crippen LogP contribution is 2.23. The van der Waals surface area contributed by atoms with Crippen molar-refractivity contribution in [3.8, 4) is 5.75 Å². The van der Waals surface area contributed by atoms with Gasteiger partial charge in [-0.1, -0.05) is 29.3 Å². The van der Waals surface area contributed by atoms with Gasteiger partial charge >= 0.3 is 0 Å². The van der Waals surface area contributed by atoms with Gasteiger partial charge in [-0.2, -0.15) is 0 Å². The Morgan fingerprint density at radius 1 is 1.38 bits per heavy atom. The summed E-state index contributed by atoms with van der Waals surface area (Å²) in [6.07, 6.45) is 0.787. The molecule has 1 atom stereocenters. The normalized spacial score (nSPS) is 11.8. The molecule has 0 saturated carbocycles. The highest BCUT2D eigenvalue weighted by atomic mass is 79.9. The van der Waals surface area contributed by atoms with Gasteiger partial charge in [0.1, 0.15) is 10.9 Å². The fraction of sp³-hybridized carbons (Fsp3) is 0.143. The zero-order valence-corrected chi connectivity index (χ0v) is 14.0. The first-order valence-electron chi connectivity index (χ1n) is 6.00. The Balaban J connectivity index is 2.00. The van der Waals surface area contributed by atoms with Crippen LogP contribution in [0.2, 0.25) is 10.2 Å². The maximum absolute atomic E-state index is 12.1. The van der Waals surface area contributed by atoms with Crippen molar-refractivity contribution >= 4 is 50.7 Å². The molecule has 2 rings (SSSR count). The van der Waals surface area contributed by atoms with E-state index in [1.165, 1.54) is 6.20 Å². The Bertz CT molecular complexity index is 667. The molecule has 110 valence electrons. The third kappa shape index (κ3) is 4.59. The summed E-state index contributed by atoms with van der Waals surface area (Å²) in [5.74, 6) is 0.228. The lowest BCUT2D eigenvalue weighted by molar-refractivity contribution is -0.122. The maximum Gasteiger partial charge on any atom is 0.265 e. The number of nitrogens with zero attached hydrogens (tertiary/aromatic N) is 1. The van der Waals surface area contributed by atoms with Gasteiger partial charge < -0.3 is 10.1 Å². The Morgan fingerprint density at radius 2 is 2.14 bits per heavy atom. The van der Waals surface area contributed by atoms with Crippen molar-refractivity contribution in [2.75, 3.05) is 5.32 Å². The predicted molar refractivity (Wildman–Crippen MR) is 87.1 cm³/mol. The summed E-state index contributed by atoms with van der Waals surface area (Å²) in [7, 11) is 0. The molecule has 0 aliphatic carbocycles. The van der Waals surface area contributed by atoms with E-state index >= 15 is 0 Å². The van der Waals surface area contributed by atoms with Crippen LogP contribution in [0.4, 0.5) is 5.69 Å². The molecule has 0 aliphatic heterocycles. The molecular weight excluding hydrogens is 379 g/mol. The van der Waals surface area contributed by atoms with Crippen LogP contribution in [0.15, 0.2) is 41.0 Å². The number of anilines is 1. The van der Waals surface area contributed by atoms with E-state index in [2.05, 4.69) is 26.2 Å². The van der Waals surface area contributed by atoms with E-state index in [4.69, 9.17) is 27.9 Å². The van der Waals surface area contributed by atoms with Gasteiger partial charge in [-0.3, -0.25) is 4.79 Å². The van der Waals surface area contributed by atoms with Crippen molar-refractivity contribution in [3.05, 3.63) is 51.2 Å². The maximum atomic E-state index is 12.1. The van der Waals surface area contributed by atoms with Crippen molar-refractivity contribution in [1.82, 2.24) is 4.98 Å². The van der Waals surface area contributed by atoms with Crippen molar-refractivity contribution in [1.29, 1.82) is 0 Å². The standard InChI is InChI=1S/C14H11BrCl2N2O2/c1-8(21-11-4-2-3-9(16)5-11)14(20)19-10-6-12(15)13(17)18-7-10/h2-8H,1H3,(H,19,20). The fourth-order valence-corrected chi connectivity index (χ4v) is 2.16. The van der Waals surface area contributed by atoms with Crippen molar-refractivity contribution < 1.29 is 9.53 Å². The number of hydrogen-bond donors (Lipinski definition) is 1. The van der Waals surface area contributed by atoms with Crippen LogP contribution in [0, 0.1) is 0 Å². The van der Waals surface area contributed by atoms with E-state index in [-0.39, 0.29) is 5.91 Å². The second-order valence-corrected chi connectivity index (χ2v) is 5.85. The molecule has 0 aliphatic rings. The summed E-state index contributed by atoms with van der Waals surface area (Å²) < 4.78 is 6.13. The van der Waals surface area contributed by atoms with Crippen LogP contribution in [0.25, 0.3) is 0 Å². The van der Waals surface area contributed by atoms with Crippen LogP contribution in [0.1, 0.15) is 6.92 Å². The minimum atomic E-state index is -0.682. The molecule has 1 heterocycles. The first-order valence-corrected chi connectivity index (χ1v) is 7.55. The predicted octanol–water partition coefficient (Wildman–Crippen LogP) is 4.56. The lowest BCUT2D eigenvalue weighted by Gasteiger charge is -2.15. The molecule has 0 radical (unpaired) electrons. The molecule has 0 saturated heterocycles. The van der Waals surface area contributed by atoms with Crippen LogP contribution in [0.5, 0.6) is 5.75 Å². The van der Waals surface area contributed by atoms with Gasteiger partial charge in [-0.15, -0.1) is 0 Å². The van der Waals surface area contributed by atoms with Gasteiger partial charge in [0.2, 0.25) is 0 Å². The molecule has 1 amide bonds. The number of benzene rings is 1. The lowest BCUT2D eigenvalue weighted by atomic mass is 10.3. The highest BCUT2D eigenvalue weighted by Gasteiger charge is 2.15. The first-order chi connectivity index (χ1) is 9.95. The lowest BCUT2D eigenvalue weighted by Crippen LogP contribution is -2.30. The van der Waals surface area contributed by atoms with Crippen molar-refractivity contribution in [3.63, 3.8) is 0 Å². The van der Waals surface area contributed by atoms with E-state index < -0.39 is 6.10 Å². The third-order valence-corrected chi connectivity index (χ3v) is 3.91. The van der Waals surface area contributed by atoms with Crippen LogP contribution in [-0.4, -0.2) is 17.0 Å². The topological polar surface area (TPSA) is 51.2 Å². The molecule has 4 nitrogen and oxygen atoms in total. The summed E-state index contributed by atoms with van der Waals surface area (Å²) in [6, 6.07) is 8.53. The third-order valence-electron chi connectivity index (χ3n) is 2.54. The Hall–Kier alpha value is -1.30. The molecule has 1 N–H and O–H groups in total. The summed E-state index contributed by atoms with van der Waals surface area (Å²) in [6.45, 7) is 1.65. The summed E-state index contributed by atoms with van der Waals surface area (Å²) >= 11 is 14.9. The Morgan fingerprint density at radius 3 is 2.81 bits per heavy atom. The van der Waals surface area contributed by atoms with Gasteiger partial charge in [-0.05, 0) is 47.1 Å². The molecule has 21 heavy (non-hydrogen) atoms. The van der Waals surface area contributed by atoms with Crippen LogP contribution in [0.3, 0.4) is 0 Å². The molecule has 0 bridgehead atoms. The molecule has 0 spiro atoms. The van der Waals surface area contributed by atoms with E-state index in [1.54, 1.807) is 37.3 Å². The van der Waals surface area contributed by atoms with Crippen LogP contribution in [-0.2, 0) is 4.79 Å². The number of carbonyl (C=O) groups is 1. The minimum absolute atomic E-state index is 0.300. The van der Waals surface area contributed by atoms with E-state index in [9.17, 15) is 4.79 Å². The highest BCUT2D eigenvalue weighted by molar-refractivity contribution is 9.10. The quantitative estimate of drug-likeness (QED) is 0.780. The number of halogens is 3. The molecule has 1 unspecified atom stereocenters. The average Bonchev–Trinajstić information content (AvgIpc) is 2.43. The second-order valence-electron chi connectivity index (χ2n) is 4.20. The molecule has 0 fully saturated rings. The van der Waals surface area contributed by atoms with E-state index in [1.807, 2.05) is 0 Å². The first kappa shape index (κ1) is 16.1. The van der Waals surface area contributed by atoms with Crippen LogP contribution >= 0.6 is 39.1 Å². The van der Waals surface area contributed by atoms with Gasteiger partial charge in [0, 0.05) is 5.02 Å². The van der Waals surface area contributed by atoms with Gasteiger partial charge in [0.25, 0.3) is 5.91 Å². The summed E-state index contributed by atoms with van der Waals surface area (Å²) in [5.41, 5.74) is 0.526. The minimum Gasteiger partial charge on any atom is -0.481 e. The zero-order valence-electron chi connectivity index (χ0n) is 10.9. The van der Waals surface area contributed by atoms with E-state index in [0.717, 1.165) is 0 Å². The number of pyridine rings is 1. The second kappa shape index (κ2) is 7.11. The van der Waals surface area contributed by atoms with Crippen molar-refractivity contribution in [2.24, 2.45) is 0 Å². The number of rotatable bonds is 4. The summed E-state index contributed by atoms with van der Waals surface area (Å²) in [4.78, 5) is 16.0. The molecule has 7 heteroatoms. The molecular formula is C14H11BrCl2N2O2. The molecule has 1 aromatic heterocycles. The van der Waals surface area contributed by atoms with Gasteiger partial charge in [-0.25, -0.2) is 4.98 Å². The largest absolute Gasteiger partial charge is 0.481 e. The number of ether oxygens (including phenoxy) is 1. The smallest absolute Gasteiger partial charge is 0.265 e. The van der Waals surface area contributed by atoms with E-state index in [0.29, 0.717) is 26.1 Å². The number of amides is 1. The summed E-state index contributed by atoms with van der Waals surface area (Å²) in [5, 5.41) is 3.57. The zero-order chi connectivity index (χ0) is 15.4. The fourth-order valence-electron chi connectivity index (χ4n) is 1.53. The number of carbonyl (C=O) groups excluding carboxylic acids is 1. The molecule has 2 aromatic rings. The van der Waals surface area contributed by atoms with Gasteiger partial charge in [0.05, 0.1) is 16.4 Å². The van der Waals surface area contributed by atoms with Crippen molar-refractivity contribution in [2.45, 2.75) is 13.0 Å². The SMILES string of the molecule is CC(Oc1cccc(Cl)c1)C(=O)Nc1cnc(Cl)c(Br)c1. The van der Waals surface area contributed by atoms with Crippen LogP contribution < -0.4 is 10.1 Å². The Labute approximate surface area is 140 Å². The average molecular weight is 390 g/mol.